The quantitative estimate of drug-likeness (QED) is 0.739. The van der Waals surface area contributed by atoms with Gasteiger partial charge in [0.1, 0.15) is 5.82 Å². The van der Waals surface area contributed by atoms with E-state index in [0.717, 1.165) is 18.9 Å². The zero-order valence-electron chi connectivity index (χ0n) is 13.5. The molecule has 1 fully saturated rings. The average molecular weight is 462 g/mol. The third-order valence-electron chi connectivity index (χ3n) is 4.06. The van der Waals surface area contributed by atoms with E-state index in [-0.39, 0.29) is 21.2 Å². The SMILES string of the molecule is O=C(Nc1cc(Cl)ccc1F)c1cc(S(=O)(=O)N2CCCC2)ccc1Br. The number of carbonyl (C=O) groups excluding carboxylic acids is 1. The van der Waals surface area contributed by atoms with Crippen molar-refractivity contribution in [2.24, 2.45) is 0 Å². The summed E-state index contributed by atoms with van der Waals surface area (Å²) in [5.41, 5.74) is 0.00634. The molecule has 1 saturated heterocycles. The van der Waals surface area contributed by atoms with Gasteiger partial charge < -0.3 is 5.32 Å². The van der Waals surface area contributed by atoms with Crippen molar-refractivity contribution in [3.05, 3.63) is 57.3 Å². The van der Waals surface area contributed by atoms with Crippen LogP contribution in [0.3, 0.4) is 0 Å². The average Bonchev–Trinajstić information content (AvgIpc) is 3.13. The van der Waals surface area contributed by atoms with E-state index in [9.17, 15) is 17.6 Å². The first kappa shape index (κ1) is 19.3. The maximum Gasteiger partial charge on any atom is 0.256 e. The van der Waals surface area contributed by atoms with E-state index in [1.54, 1.807) is 0 Å². The van der Waals surface area contributed by atoms with Crippen LogP contribution in [0.2, 0.25) is 5.02 Å². The first-order valence-corrected chi connectivity index (χ1v) is 10.5. The van der Waals surface area contributed by atoms with Crippen LogP contribution in [-0.4, -0.2) is 31.7 Å². The van der Waals surface area contributed by atoms with Gasteiger partial charge >= 0.3 is 0 Å². The first-order chi connectivity index (χ1) is 12.3. The fourth-order valence-electron chi connectivity index (χ4n) is 2.70. The van der Waals surface area contributed by atoms with Crippen molar-refractivity contribution in [1.29, 1.82) is 0 Å². The fourth-order valence-corrected chi connectivity index (χ4v) is 4.84. The summed E-state index contributed by atoms with van der Waals surface area (Å²) < 4.78 is 41.0. The molecule has 1 aliphatic rings. The minimum absolute atomic E-state index is 0.0271. The maximum atomic E-state index is 13.8. The van der Waals surface area contributed by atoms with Gasteiger partial charge in [0.25, 0.3) is 5.91 Å². The second-order valence-electron chi connectivity index (χ2n) is 5.83. The highest BCUT2D eigenvalue weighted by atomic mass is 79.9. The zero-order valence-corrected chi connectivity index (χ0v) is 16.7. The molecule has 2 aromatic carbocycles. The molecule has 0 radical (unpaired) electrons. The number of hydrogen-bond donors (Lipinski definition) is 1. The summed E-state index contributed by atoms with van der Waals surface area (Å²) in [4.78, 5) is 12.6. The Bertz CT molecular complexity index is 962. The van der Waals surface area contributed by atoms with E-state index in [4.69, 9.17) is 11.6 Å². The second-order valence-corrected chi connectivity index (χ2v) is 9.06. The molecule has 0 unspecified atom stereocenters. The number of hydrogen-bond acceptors (Lipinski definition) is 3. The Morgan fingerprint density at radius 2 is 1.85 bits per heavy atom. The van der Waals surface area contributed by atoms with E-state index < -0.39 is 21.7 Å². The van der Waals surface area contributed by atoms with E-state index >= 15 is 0 Å². The highest BCUT2D eigenvalue weighted by Crippen LogP contribution is 2.27. The molecule has 1 aliphatic heterocycles. The van der Waals surface area contributed by atoms with Crippen LogP contribution in [0.25, 0.3) is 0 Å². The summed E-state index contributed by atoms with van der Waals surface area (Å²) in [5, 5.41) is 2.69. The molecular formula is C17H15BrClFN2O3S. The van der Waals surface area contributed by atoms with Gasteiger partial charge in [0, 0.05) is 22.6 Å². The van der Waals surface area contributed by atoms with Gasteiger partial charge in [0.05, 0.1) is 16.1 Å². The summed E-state index contributed by atoms with van der Waals surface area (Å²) in [7, 11) is -3.66. The highest BCUT2D eigenvalue weighted by Gasteiger charge is 2.28. The summed E-state index contributed by atoms with van der Waals surface area (Å²) in [5.74, 6) is -1.28. The van der Waals surface area contributed by atoms with Crippen molar-refractivity contribution in [3.63, 3.8) is 0 Å². The first-order valence-electron chi connectivity index (χ1n) is 7.85. The van der Waals surface area contributed by atoms with Crippen molar-refractivity contribution in [2.45, 2.75) is 17.7 Å². The third-order valence-corrected chi connectivity index (χ3v) is 6.88. The van der Waals surface area contributed by atoms with E-state index in [1.807, 2.05) is 0 Å². The number of sulfonamides is 1. The molecule has 9 heteroatoms. The highest BCUT2D eigenvalue weighted by molar-refractivity contribution is 9.10. The Kier molecular flexibility index (Phi) is 5.67. The molecule has 0 aromatic heterocycles. The Morgan fingerprint density at radius 1 is 1.15 bits per heavy atom. The molecule has 0 saturated carbocycles. The molecule has 138 valence electrons. The topological polar surface area (TPSA) is 66.5 Å². The fraction of sp³-hybridized carbons (Fsp3) is 0.235. The number of nitrogens with zero attached hydrogens (tertiary/aromatic N) is 1. The van der Waals surface area contributed by atoms with Gasteiger partial charge in [0.15, 0.2) is 0 Å². The van der Waals surface area contributed by atoms with Gasteiger partial charge in [-0.25, -0.2) is 12.8 Å². The molecule has 0 atom stereocenters. The van der Waals surface area contributed by atoms with Crippen molar-refractivity contribution >= 4 is 49.1 Å². The molecule has 0 spiro atoms. The third kappa shape index (κ3) is 3.93. The zero-order chi connectivity index (χ0) is 18.9. The van der Waals surface area contributed by atoms with Crippen LogP contribution in [0.1, 0.15) is 23.2 Å². The number of nitrogens with one attached hydrogen (secondary N) is 1. The lowest BCUT2D eigenvalue weighted by Crippen LogP contribution is -2.28. The minimum Gasteiger partial charge on any atom is -0.319 e. The Hall–Kier alpha value is -1.48. The van der Waals surface area contributed by atoms with Crippen LogP contribution in [0.4, 0.5) is 10.1 Å². The van der Waals surface area contributed by atoms with E-state index in [0.29, 0.717) is 17.6 Å². The number of carbonyl (C=O) groups is 1. The Morgan fingerprint density at radius 3 is 2.54 bits per heavy atom. The number of halogens is 3. The lowest BCUT2D eigenvalue weighted by atomic mass is 10.2. The van der Waals surface area contributed by atoms with Gasteiger partial charge in [-0.2, -0.15) is 4.31 Å². The number of rotatable bonds is 4. The largest absolute Gasteiger partial charge is 0.319 e. The Balaban J connectivity index is 1.92. The van der Waals surface area contributed by atoms with Crippen LogP contribution in [-0.2, 0) is 10.0 Å². The van der Waals surface area contributed by atoms with Gasteiger partial charge in [-0.1, -0.05) is 11.6 Å². The molecule has 26 heavy (non-hydrogen) atoms. The minimum atomic E-state index is -3.66. The molecule has 1 N–H and O–H groups in total. The molecule has 5 nitrogen and oxygen atoms in total. The van der Waals surface area contributed by atoms with Crippen LogP contribution in [0.15, 0.2) is 45.8 Å². The summed E-state index contributed by atoms with van der Waals surface area (Å²) in [6.45, 7) is 0.932. The van der Waals surface area contributed by atoms with Gasteiger partial charge in [0.2, 0.25) is 10.0 Å². The molecule has 1 heterocycles. The van der Waals surface area contributed by atoms with Crippen LogP contribution < -0.4 is 5.32 Å². The van der Waals surface area contributed by atoms with Crippen molar-refractivity contribution in [1.82, 2.24) is 4.31 Å². The summed E-state index contributed by atoms with van der Waals surface area (Å²) >= 11 is 9.06. The van der Waals surface area contributed by atoms with Crippen molar-refractivity contribution < 1.29 is 17.6 Å². The number of anilines is 1. The molecule has 2 aromatic rings. The normalized spacial score (nSPS) is 15.2. The van der Waals surface area contributed by atoms with Gasteiger partial charge in [-0.15, -0.1) is 0 Å². The summed E-state index contributed by atoms with van der Waals surface area (Å²) in [6, 6.07) is 8.01. The van der Waals surface area contributed by atoms with Gasteiger partial charge in [-0.05, 0) is 65.2 Å². The predicted molar refractivity (Wildman–Crippen MR) is 101 cm³/mol. The number of amides is 1. The van der Waals surface area contributed by atoms with Crippen molar-refractivity contribution in [2.75, 3.05) is 18.4 Å². The lowest BCUT2D eigenvalue weighted by Gasteiger charge is -2.16. The molecular weight excluding hydrogens is 447 g/mol. The monoisotopic (exact) mass is 460 g/mol. The lowest BCUT2D eigenvalue weighted by molar-refractivity contribution is 0.102. The van der Waals surface area contributed by atoms with E-state index in [1.165, 1.54) is 34.6 Å². The number of benzene rings is 2. The van der Waals surface area contributed by atoms with Crippen LogP contribution in [0, 0.1) is 5.82 Å². The standard InChI is InChI=1S/C17H15BrClFN2O3S/c18-14-5-4-12(26(24,25)22-7-1-2-8-22)10-13(14)17(23)21-16-9-11(19)3-6-15(16)20/h3-6,9-10H,1-2,7-8H2,(H,21,23). The van der Waals surface area contributed by atoms with Crippen LogP contribution >= 0.6 is 27.5 Å². The molecule has 0 bridgehead atoms. The summed E-state index contributed by atoms with van der Waals surface area (Å²) in [6.07, 6.45) is 1.63. The Labute approximate surface area is 164 Å². The smallest absolute Gasteiger partial charge is 0.256 e. The molecule has 0 aliphatic carbocycles. The van der Waals surface area contributed by atoms with E-state index in [2.05, 4.69) is 21.2 Å². The second kappa shape index (κ2) is 7.64. The van der Waals surface area contributed by atoms with Crippen molar-refractivity contribution in [3.8, 4) is 0 Å². The molecule has 1 amide bonds. The predicted octanol–water partition coefficient (Wildman–Crippen LogP) is 4.28. The van der Waals surface area contributed by atoms with Gasteiger partial charge in [-0.3, -0.25) is 4.79 Å². The maximum absolute atomic E-state index is 13.8. The van der Waals surface area contributed by atoms with Crippen LogP contribution in [0.5, 0.6) is 0 Å². The molecule has 3 rings (SSSR count).